The Labute approximate surface area is 93.5 Å². The van der Waals surface area contributed by atoms with Gasteiger partial charge in [0.05, 0.1) is 0 Å². The maximum atomic E-state index is 11.8. The summed E-state index contributed by atoms with van der Waals surface area (Å²) in [7, 11) is 0. The molecule has 0 saturated heterocycles. The second-order valence-electron chi connectivity index (χ2n) is 4.37. The third kappa shape index (κ3) is 2.09. The van der Waals surface area contributed by atoms with Gasteiger partial charge >= 0.3 is 0 Å². The first-order valence-corrected chi connectivity index (χ1v) is 5.19. The molecule has 0 bridgehead atoms. The van der Waals surface area contributed by atoms with E-state index >= 15 is 0 Å². The van der Waals surface area contributed by atoms with Crippen molar-refractivity contribution in [3.8, 4) is 0 Å². The van der Waals surface area contributed by atoms with Crippen LogP contribution in [0, 0.1) is 4.77 Å². The van der Waals surface area contributed by atoms with Crippen LogP contribution in [0.4, 0.5) is 0 Å². The zero-order chi connectivity index (χ0) is 11.8. The predicted molar refractivity (Wildman–Crippen MR) is 61.8 cm³/mol. The quantitative estimate of drug-likeness (QED) is 0.570. The number of nitrogens with zero attached hydrogens (tertiary/aromatic N) is 3. The molecule has 1 aromatic rings. The smallest absolute Gasteiger partial charge is 0.295 e. The van der Waals surface area contributed by atoms with Crippen LogP contribution in [0.25, 0.3) is 0 Å². The molecule has 0 radical (unpaired) electrons. The van der Waals surface area contributed by atoms with Crippen LogP contribution < -0.4 is 11.4 Å². The van der Waals surface area contributed by atoms with Crippen LogP contribution in [0.3, 0.4) is 0 Å². The van der Waals surface area contributed by atoms with E-state index in [2.05, 4.69) is 5.10 Å². The Balaban J connectivity index is 3.65. The molecule has 0 unspecified atom stereocenters. The van der Waals surface area contributed by atoms with Crippen LogP contribution in [0.15, 0.2) is 4.79 Å². The molecule has 2 N–H and O–H groups in total. The van der Waals surface area contributed by atoms with E-state index in [4.69, 9.17) is 18.1 Å². The summed E-state index contributed by atoms with van der Waals surface area (Å²) in [5.74, 6) is 5.59. The van der Waals surface area contributed by atoms with Crippen molar-refractivity contribution < 1.29 is 0 Å². The molecule has 1 heterocycles. The molecule has 0 aliphatic heterocycles. The summed E-state index contributed by atoms with van der Waals surface area (Å²) in [6.45, 7) is 8.25. The number of nitrogen functional groups attached to an aromatic ring is 1. The van der Waals surface area contributed by atoms with Crippen molar-refractivity contribution in [3.63, 3.8) is 0 Å². The monoisotopic (exact) mass is 228 g/mol. The SMILES string of the molecule is CCn1nc(C(C)(C)C)c(=O)n(N)c1=S. The highest BCUT2D eigenvalue weighted by Crippen LogP contribution is 2.15. The van der Waals surface area contributed by atoms with Gasteiger partial charge in [0.2, 0.25) is 4.77 Å². The lowest BCUT2D eigenvalue weighted by Gasteiger charge is -2.18. The largest absolute Gasteiger partial charge is 0.334 e. The van der Waals surface area contributed by atoms with Crippen molar-refractivity contribution in [2.24, 2.45) is 0 Å². The first-order chi connectivity index (χ1) is 6.79. The van der Waals surface area contributed by atoms with Crippen molar-refractivity contribution in [2.45, 2.75) is 39.7 Å². The summed E-state index contributed by atoms with van der Waals surface area (Å²) in [6.07, 6.45) is 0. The van der Waals surface area contributed by atoms with Gasteiger partial charge < -0.3 is 5.84 Å². The number of rotatable bonds is 1. The van der Waals surface area contributed by atoms with Crippen molar-refractivity contribution in [2.75, 3.05) is 5.84 Å². The molecule has 0 spiro atoms. The summed E-state index contributed by atoms with van der Waals surface area (Å²) in [4.78, 5) is 11.8. The Morgan fingerprint density at radius 2 is 2.00 bits per heavy atom. The van der Waals surface area contributed by atoms with E-state index in [0.29, 0.717) is 12.2 Å². The molecule has 0 fully saturated rings. The van der Waals surface area contributed by atoms with Crippen molar-refractivity contribution in [1.29, 1.82) is 0 Å². The predicted octanol–water partition coefficient (Wildman–Crippen LogP) is 0.805. The first kappa shape index (κ1) is 11.9. The average molecular weight is 228 g/mol. The van der Waals surface area contributed by atoms with E-state index in [9.17, 15) is 4.79 Å². The van der Waals surface area contributed by atoms with Crippen LogP contribution in [-0.4, -0.2) is 14.5 Å². The highest BCUT2D eigenvalue weighted by molar-refractivity contribution is 7.71. The highest BCUT2D eigenvalue weighted by atomic mass is 32.1. The molecule has 15 heavy (non-hydrogen) atoms. The minimum atomic E-state index is -0.335. The van der Waals surface area contributed by atoms with Gasteiger partial charge in [-0.1, -0.05) is 20.8 Å². The van der Waals surface area contributed by atoms with E-state index in [0.717, 1.165) is 4.68 Å². The summed E-state index contributed by atoms with van der Waals surface area (Å²) in [5.41, 5.74) is -0.226. The van der Waals surface area contributed by atoms with E-state index in [1.165, 1.54) is 0 Å². The lowest BCUT2D eigenvalue weighted by Crippen LogP contribution is -2.39. The third-order valence-corrected chi connectivity index (χ3v) is 2.49. The number of hydrogen-bond acceptors (Lipinski definition) is 4. The zero-order valence-corrected chi connectivity index (χ0v) is 10.3. The fourth-order valence-electron chi connectivity index (χ4n) is 1.21. The minimum absolute atomic E-state index is 0.246. The lowest BCUT2D eigenvalue weighted by atomic mass is 9.93. The number of nitrogens with two attached hydrogens (primary N) is 1. The fraction of sp³-hybridized carbons (Fsp3) is 0.667. The summed E-state index contributed by atoms with van der Waals surface area (Å²) < 4.78 is 2.78. The third-order valence-electron chi connectivity index (χ3n) is 2.08. The zero-order valence-electron chi connectivity index (χ0n) is 9.44. The fourth-order valence-corrected chi connectivity index (χ4v) is 1.46. The number of aromatic nitrogens is 3. The Hall–Kier alpha value is -1.17. The molecule has 0 amide bonds. The van der Waals surface area contributed by atoms with Gasteiger partial charge in [0.15, 0.2) is 0 Å². The Morgan fingerprint density at radius 1 is 1.47 bits per heavy atom. The van der Waals surface area contributed by atoms with E-state index in [1.807, 2.05) is 27.7 Å². The van der Waals surface area contributed by atoms with Gasteiger partial charge in [0.25, 0.3) is 5.56 Å². The van der Waals surface area contributed by atoms with Crippen LogP contribution >= 0.6 is 12.2 Å². The van der Waals surface area contributed by atoms with Crippen molar-refractivity contribution >= 4 is 12.2 Å². The maximum Gasteiger partial charge on any atom is 0.295 e. The van der Waals surface area contributed by atoms with Crippen LogP contribution in [0.2, 0.25) is 0 Å². The molecule has 0 atom stereocenters. The van der Waals surface area contributed by atoms with Crippen molar-refractivity contribution in [3.05, 3.63) is 20.8 Å². The van der Waals surface area contributed by atoms with Gasteiger partial charge in [0, 0.05) is 12.0 Å². The molecule has 0 aliphatic carbocycles. The average Bonchev–Trinajstić information content (AvgIpc) is 2.13. The maximum absolute atomic E-state index is 11.8. The summed E-state index contributed by atoms with van der Waals surface area (Å²) >= 11 is 5.00. The Morgan fingerprint density at radius 3 is 2.40 bits per heavy atom. The molecule has 0 saturated carbocycles. The van der Waals surface area contributed by atoms with Gasteiger partial charge in [-0.25, -0.2) is 4.68 Å². The first-order valence-electron chi connectivity index (χ1n) is 4.78. The normalized spacial score (nSPS) is 11.7. The molecular formula is C9H16N4OS. The van der Waals surface area contributed by atoms with Gasteiger partial charge in [0.1, 0.15) is 5.69 Å². The molecule has 5 nitrogen and oxygen atoms in total. The second kappa shape index (κ2) is 3.77. The summed E-state index contributed by atoms with van der Waals surface area (Å²) in [5, 5.41) is 4.22. The highest BCUT2D eigenvalue weighted by Gasteiger charge is 2.22. The molecular weight excluding hydrogens is 212 g/mol. The topological polar surface area (TPSA) is 65.8 Å². The molecule has 84 valence electrons. The minimum Gasteiger partial charge on any atom is -0.334 e. The molecule has 0 aliphatic rings. The van der Waals surface area contributed by atoms with Gasteiger partial charge in [-0.3, -0.25) is 4.79 Å². The Kier molecular flexibility index (Phi) is 2.99. The molecule has 6 heteroatoms. The summed E-state index contributed by atoms with van der Waals surface area (Å²) in [6, 6.07) is 0. The molecule has 1 rings (SSSR count). The van der Waals surface area contributed by atoms with Gasteiger partial charge in [-0.2, -0.15) is 9.77 Å². The van der Waals surface area contributed by atoms with Gasteiger partial charge in [-0.05, 0) is 19.1 Å². The standard InChI is InChI=1S/C9H16N4OS/c1-5-12-8(15)13(10)7(14)6(11-12)9(2,3)4/h5,10H2,1-4H3. The van der Waals surface area contributed by atoms with E-state index in [1.54, 1.807) is 4.68 Å². The van der Waals surface area contributed by atoms with Crippen LogP contribution in [0.5, 0.6) is 0 Å². The molecule has 0 aromatic carbocycles. The van der Waals surface area contributed by atoms with Crippen LogP contribution in [-0.2, 0) is 12.0 Å². The lowest BCUT2D eigenvalue weighted by molar-refractivity contribution is 0.482. The van der Waals surface area contributed by atoms with E-state index in [-0.39, 0.29) is 15.7 Å². The molecule has 1 aromatic heterocycles. The van der Waals surface area contributed by atoms with E-state index < -0.39 is 0 Å². The number of aryl methyl sites for hydroxylation is 1. The number of hydrogen-bond donors (Lipinski definition) is 1. The van der Waals surface area contributed by atoms with Crippen LogP contribution in [0.1, 0.15) is 33.4 Å². The van der Waals surface area contributed by atoms with Gasteiger partial charge in [-0.15, -0.1) is 0 Å². The van der Waals surface area contributed by atoms with Crippen molar-refractivity contribution in [1.82, 2.24) is 14.5 Å². The Bertz CT molecular complexity index is 480. The second-order valence-corrected chi connectivity index (χ2v) is 4.74.